The minimum atomic E-state index is -1.24. The molecule has 2 heterocycles. The summed E-state index contributed by atoms with van der Waals surface area (Å²) in [7, 11) is 0. The summed E-state index contributed by atoms with van der Waals surface area (Å²) in [6.45, 7) is 1.66. The van der Waals surface area contributed by atoms with Gasteiger partial charge < -0.3 is 15.4 Å². The number of rotatable bonds is 4. The molecule has 2 aromatic rings. The first kappa shape index (κ1) is 15.5. The molecule has 0 saturated heterocycles. The summed E-state index contributed by atoms with van der Waals surface area (Å²) >= 11 is 0. The van der Waals surface area contributed by atoms with Crippen LogP contribution in [0.1, 0.15) is 56.3 Å². The number of hydrogen-bond donors (Lipinski definition) is 2. The topological polar surface area (TPSA) is 94.0 Å². The number of hydrogen-bond acceptors (Lipinski definition) is 4. The minimum Gasteiger partial charge on any atom is -0.480 e. The maximum atomic E-state index is 12.0. The first-order valence-corrected chi connectivity index (χ1v) is 8.01. The van der Waals surface area contributed by atoms with Crippen molar-refractivity contribution in [3.8, 4) is 0 Å². The molecule has 122 valence electrons. The number of nitrogens with zero attached hydrogens (tertiary/aromatic N) is 3. The second kappa shape index (κ2) is 6.02. The zero-order valence-corrected chi connectivity index (χ0v) is 13.3. The smallest absolute Gasteiger partial charge is 0.320 e. The van der Waals surface area contributed by atoms with Crippen LogP contribution in [0.25, 0.3) is 0 Å². The average Bonchev–Trinajstić information content (AvgIpc) is 3.06. The van der Waals surface area contributed by atoms with E-state index in [9.17, 15) is 9.90 Å². The van der Waals surface area contributed by atoms with Crippen molar-refractivity contribution >= 4 is 11.8 Å². The lowest BCUT2D eigenvalue weighted by molar-refractivity contribution is -0.141. The van der Waals surface area contributed by atoms with Crippen molar-refractivity contribution in [2.45, 2.75) is 50.5 Å². The van der Waals surface area contributed by atoms with Crippen LogP contribution in [0.4, 0.5) is 5.82 Å². The van der Waals surface area contributed by atoms with Gasteiger partial charge >= 0.3 is 5.97 Å². The van der Waals surface area contributed by atoms with Crippen molar-refractivity contribution in [3.63, 3.8) is 0 Å². The Kier molecular flexibility index (Phi) is 4.07. The molecular weight excluding hydrogens is 292 g/mol. The number of pyridine rings is 1. The molecule has 23 heavy (non-hydrogen) atoms. The molecule has 3 rings (SSSR count). The molecule has 0 radical (unpaired) electrons. The molecule has 0 bridgehead atoms. The van der Waals surface area contributed by atoms with Crippen LogP contribution in [0.2, 0.25) is 0 Å². The monoisotopic (exact) mass is 314 g/mol. The van der Waals surface area contributed by atoms with E-state index in [1.54, 1.807) is 25.4 Å². The van der Waals surface area contributed by atoms with Crippen LogP contribution in [0.3, 0.4) is 0 Å². The van der Waals surface area contributed by atoms with Gasteiger partial charge in [0, 0.05) is 18.4 Å². The highest BCUT2D eigenvalue weighted by Crippen LogP contribution is 2.34. The number of imidazole rings is 1. The van der Waals surface area contributed by atoms with E-state index in [2.05, 4.69) is 14.5 Å². The predicted octanol–water partition coefficient (Wildman–Crippen LogP) is 2.76. The highest BCUT2D eigenvalue weighted by atomic mass is 16.4. The van der Waals surface area contributed by atoms with Gasteiger partial charge in [0.2, 0.25) is 0 Å². The number of carbonyl (C=O) groups is 1. The molecule has 6 nitrogen and oxygen atoms in total. The lowest BCUT2D eigenvalue weighted by atomic mass is 9.80. The normalized spacial score (nSPS) is 18.5. The van der Waals surface area contributed by atoms with E-state index in [4.69, 9.17) is 5.73 Å². The lowest BCUT2D eigenvalue weighted by Gasteiger charge is -2.24. The summed E-state index contributed by atoms with van der Waals surface area (Å²) in [6.07, 6.45) is 11.1. The fourth-order valence-electron chi connectivity index (χ4n) is 3.26. The SMILES string of the molecule is CC(C(=O)O)(c1ccc(N)nc1)c1cn(C2CCCCC2)cn1. The minimum absolute atomic E-state index is 0.370. The quantitative estimate of drug-likeness (QED) is 0.905. The van der Waals surface area contributed by atoms with Crippen molar-refractivity contribution in [1.29, 1.82) is 0 Å². The van der Waals surface area contributed by atoms with E-state index >= 15 is 0 Å². The second-order valence-corrected chi connectivity index (χ2v) is 6.40. The Hall–Kier alpha value is -2.37. The van der Waals surface area contributed by atoms with Gasteiger partial charge in [-0.25, -0.2) is 9.97 Å². The summed E-state index contributed by atoms with van der Waals surface area (Å²) in [6, 6.07) is 3.75. The van der Waals surface area contributed by atoms with Gasteiger partial charge in [-0.05, 0) is 31.4 Å². The van der Waals surface area contributed by atoms with E-state index in [0.29, 0.717) is 23.1 Å². The van der Waals surface area contributed by atoms with Crippen LogP contribution < -0.4 is 5.73 Å². The van der Waals surface area contributed by atoms with Crippen LogP contribution in [0, 0.1) is 0 Å². The molecule has 6 heteroatoms. The zero-order valence-electron chi connectivity index (χ0n) is 13.3. The number of carboxylic acids is 1. The van der Waals surface area contributed by atoms with Gasteiger partial charge in [-0.15, -0.1) is 0 Å². The van der Waals surface area contributed by atoms with Crippen molar-refractivity contribution in [2.75, 3.05) is 5.73 Å². The number of nitrogen functional groups attached to an aromatic ring is 1. The molecule has 1 aliphatic rings. The first-order chi connectivity index (χ1) is 11.0. The molecular formula is C17H22N4O2. The Bertz CT molecular complexity index is 689. The summed E-state index contributed by atoms with van der Waals surface area (Å²) < 4.78 is 2.07. The largest absolute Gasteiger partial charge is 0.480 e. The summed E-state index contributed by atoms with van der Waals surface area (Å²) in [5.74, 6) is -0.577. The Morgan fingerprint density at radius 3 is 2.65 bits per heavy atom. The highest BCUT2D eigenvalue weighted by molar-refractivity contribution is 5.84. The van der Waals surface area contributed by atoms with E-state index in [-0.39, 0.29) is 0 Å². The maximum absolute atomic E-state index is 12.0. The van der Waals surface area contributed by atoms with E-state index in [1.807, 2.05) is 6.20 Å². The van der Waals surface area contributed by atoms with Crippen molar-refractivity contribution in [1.82, 2.24) is 14.5 Å². The molecule has 0 amide bonds. The number of aliphatic carboxylic acids is 1. The van der Waals surface area contributed by atoms with Crippen LogP contribution in [0.15, 0.2) is 30.9 Å². The number of nitrogens with two attached hydrogens (primary N) is 1. The Labute approximate surface area is 135 Å². The van der Waals surface area contributed by atoms with Gasteiger partial charge in [0.05, 0.1) is 12.0 Å². The standard InChI is InChI=1S/C17H22N4O2/c1-17(16(22)23,12-7-8-15(18)19-9-12)14-10-21(11-20-14)13-5-3-2-4-6-13/h7-11,13H,2-6H2,1H3,(H2,18,19)(H,22,23). The molecule has 0 aromatic carbocycles. The Morgan fingerprint density at radius 1 is 1.30 bits per heavy atom. The summed E-state index contributed by atoms with van der Waals surface area (Å²) in [4.78, 5) is 20.4. The number of anilines is 1. The molecule has 1 unspecified atom stereocenters. The maximum Gasteiger partial charge on any atom is 0.320 e. The van der Waals surface area contributed by atoms with Crippen molar-refractivity contribution in [2.24, 2.45) is 0 Å². The third kappa shape index (κ3) is 2.81. The zero-order chi connectivity index (χ0) is 16.4. The fourth-order valence-corrected chi connectivity index (χ4v) is 3.26. The summed E-state index contributed by atoms with van der Waals surface area (Å²) in [5, 5.41) is 9.82. The third-order valence-corrected chi connectivity index (χ3v) is 4.90. The van der Waals surface area contributed by atoms with Gasteiger partial charge in [-0.1, -0.05) is 25.3 Å². The van der Waals surface area contributed by atoms with E-state index in [0.717, 1.165) is 12.8 Å². The second-order valence-electron chi connectivity index (χ2n) is 6.40. The van der Waals surface area contributed by atoms with Gasteiger partial charge in [-0.3, -0.25) is 4.79 Å². The lowest BCUT2D eigenvalue weighted by Crippen LogP contribution is -2.34. The van der Waals surface area contributed by atoms with Gasteiger partial charge in [0.25, 0.3) is 0 Å². The first-order valence-electron chi connectivity index (χ1n) is 8.01. The number of carboxylic acid groups (broad SMARTS) is 1. The van der Waals surface area contributed by atoms with Crippen LogP contribution in [-0.2, 0) is 10.2 Å². The molecule has 0 aliphatic heterocycles. The fraction of sp³-hybridized carbons (Fsp3) is 0.471. The molecule has 1 saturated carbocycles. The Balaban J connectivity index is 1.96. The summed E-state index contributed by atoms with van der Waals surface area (Å²) in [5.41, 5.74) is 5.48. The molecule has 0 spiro atoms. The van der Waals surface area contributed by atoms with E-state index < -0.39 is 11.4 Å². The molecule has 1 fully saturated rings. The van der Waals surface area contributed by atoms with Gasteiger partial charge in [0.15, 0.2) is 0 Å². The molecule has 2 aromatic heterocycles. The van der Waals surface area contributed by atoms with Crippen LogP contribution in [-0.4, -0.2) is 25.6 Å². The van der Waals surface area contributed by atoms with Crippen molar-refractivity contribution in [3.05, 3.63) is 42.1 Å². The predicted molar refractivity (Wildman–Crippen MR) is 87.1 cm³/mol. The molecule has 1 aliphatic carbocycles. The third-order valence-electron chi connectivity index (χ3n) is 4.90. The Morgan fingerprint density at radius 2 is 2.04 bits per heavy atom. The van der Waals surface area contributed by atoms with Crippen LogP contribution in [0.5, 0.6) is 0 Å². The van der Waals surface area contributed by atoms with E-state index in [1.165, 1.54) is 25.5 Å². The molecule has 3 N–H and O–H groups in total. The average molecular weight is 314 g/mol. The van der Waals surface area contributed by atoms with Crippen LogP contribution >= 0.6 is 0 Å². The molecule has 1 atom stereocenters. The van der Waals surface area contributed by atoms with Crippen molar-refractivity contribution < 1.29 is 9.90 Å². The highest BCUT2D eigenvalue weighted by Gasteiger charge is 2.40. The van der Waals surface area contributed by atoms with Gasteiger partial charge in [-0.2, -0.15) is 0 Å². The van der Waals surface area contributed by atoms with Gasteiger partial charge in [0.1, 0.15) is 11.2 Å². The number of aromatic nitrogens is 3.